The van der Waals surface area contributed by atoms with Crippen molar-refractivity contribution in [1.29, 1.82) is 5.26 Å². The van der Waals surface area contributed by atoms with E-state index in [4.69, 9.17) is 5.26 Å². The molecule has 1 amide bonds. The molecule has 0 aromatic heterocycles. The maximum atomic E-state index is 12.3. The fourth-order valence-corrected chi connectivity index (χ4v) is 2.70. The smallest absolute Gasteiger partial charge is 0.228 e. The van der Waals surface area contributed by atoms with Crippen LogP contribution in [0, 0.1) is 18.3 Å². The Morgan fingerprint density at radius 1 is 1.32 bits per heavy atom. The molecule has 0 unspecified atom stereocenters. The Morgan fingerprint density at radius 2 is 1.95 bits per heavy atom. The zero-order chi connectivity index (χ0) is 13.7. The molecule has 0 saturated heterocycles. The van der Waals surface area contributed by atoms with Crippen LogP contribution in [0.1, 0.15) is 36.8 Å². The molecule has 1 fully saturated rings. The van der Waals surface area contributed by atoms with Crippen molar-refractivity contribution in [2.24, 2.45) is 0 Å². The summed E-state index contributed by atoms with van der Waals surface area (Å²) in [7, 11) is 0. The number of aryl methyl sites for hydroxylation is 1. The van der Waals surface area contributed by atoms with Gasteiger partial charge in [0.15, 0.2) is 0 Å². The van der Waals surface area contributed by atoms with Crippen LogP contribution < -0.4 is 0 Å². The summed E-state index contributed by atoms with van der Waals surface area (Å²) in [6, 6.07) is 10.4. The fraction of sp³-hybridized carbons (Fsp3) is 0.500. The summed E-state index contributed by atoms with van der Waals surface area (Å²) in [5, 5.41) is 8.90. The number of amides is 1. The van der Waals surface area contributed by atoms with Gasteiger partial charge in [-0.1, -0.05) is 42.7 Å². The van der Waals surface area contributed by atoms with Gasteiger partial charge in [0.05, 0.1) is 12.5 Å². The molecule has 0 bridgehead atoms. The Bertz CT molecular complexity index is 467. The first-order chi connectivity index (χ1) is 9.20. The van der Waals surface area contributed by atoms with Crippen molar-refractivity contribution in [3.8, 4) is 6.07 Å². The van der Waals surface area contributed by atoms with E-state index in [0.717, 1.165) is 18.4 Å². The molecule has 1 aromatic rings. The maximum absolute atomic E-state index is 12.3. The third-order valence-electron chi connectivity index (χ3n) is 3.80. The van der Waals surface area contributed by atoms with Gasteiger partial charge in [0.1, 0.15) is 6.54 Å². The summed E-state index contributed by atoms with van der Waals surface area (Å²) in [5.74, 6) is 0.0808. The van der Waals surface area contributed by atoms with Crippen LogP contribution in [0.2, 0.25) is 0 Å². The van der Waals surface area contributed by atoms with Gasteiger partial charge < -0.3 is 4.90 Å². The average molecular weight is 256 g/mol. The van der Waals surface area contributed by atoms with E-state index in [1.54, 1.807) is 4.90 Å². The van der Waals surface area contributed by atoms with Crippen molar-refractivity contribution in [3.05, 3.63) is 35.4 Å². The highest BCUT2D eigenvalue weighted by Crippen LogP contribution is 2.24. The lowest BCUT2D eigenvalue weighted by atomic mass is 10.1. The molecule has 3 heteroatoms. The van der Waals surface area contributed by atoms with E-state index >= 15 is 0 Å². The van der Waals surface area contributed by atoms with Gasteiger partial charge in [0, 0.05) is 6.04 Å². The Hall–Kier alpha value is -1.82. The number of benzene rings is 1. The summed E-state index contributed by atoms with van der Waals surface area (Å²) in [6.07, 6.45) is 4.83. The van der Waals surface area contributed by atoms with Gasteiger partial charge >= 0.3 is 0 Å². The zero-order valence-electron chi connectivity index (χ0n) is 11.4. The van der Waals surface area contributed by atoms with Crippen molar-refractivity contribution < 1.29 is 4.79 Å². The molecule has 3 nitrogen and oxygen atoms in total. The summed E-state index contributed by atoms with van der Waals surface area (Å²) in [6.45, 7) is 2.25. The minimum Gasteiger partial charge on any atom is -0.326 e. The molecule has 0 atom stereocenters. The molecule has 0 N–H and O–H groups in total. The molecule has 0 heterocycles. The fourth-order valence-electron chi connectivity index (χ4n) is 2.70. The molecule has 2 rings (SSSR count). The Morgan fingerprint density at radius 3 is 2.53 bits per heavy atom. The van der Waals surface area contributed by atoms with Gasteiger partial charge in [-0.05, 0) is 25.3 Å². The number of nitrogens with zero attached hydrogens (tertiary/aromatic N) is 2. The number of carbonyl (C=O) groups excluding carboxylic acids is 1. The summed E-state index contributed by atoms with van der Waals surface area (Å²) >= 11 is 0. The number of nitriles is 1. The monoisotopic (exact) mass is 256 g/mol. The second kappa shape index (κ2) is 6.38. The first kappa shape index (κ1) is 13.6. The molecule has 100 valence electrons. The maximum Gasteiger partial charge on any atom is 0.228 e. The van der Waals surface area contributed by atoms with Crippen LogP contribution in [0.5, 0.6) is 0 Å². The second-order valence-corrected chi connectivity index (χ2v) is 5.28. The van der Waals surface area contributed by atoms with Gasteiger partial charge in [-0.2, -0.15) is 5.26 Å². The molecule has 1 aliphatic carbocycles. The van der Waals surface area contributed by atoms with E-state index in [-0.39, 0.29) is 18.5 Å². The molecular formula is C16H20N2O. The lowest BCUT2D eigenvalue weighted by Gasteiger charge is -2.26. The largest absolute Gasteiger partial charge is 0.326 e. The van der Waals surface area contributed by atoms with Crippen molar-refractivity contribution in [2.45, 2.75) is 45.1 Å². The first-order valence-electron chi connectivity index (χ1n) is 6.92. The number of rotatable bonds is 4. The molecule has 0 radical (unpaired) electrons. The predicted octanol–water partition coefficient (Wildman–Crippen LogP) is 2.83. The first-order valence-corrected chi connectivity index (χ1v) is 6.92. The van der Waals surface area contributed by atoms with Gasteiger partial charge in [0.2, 0.25) is 5.91 Å². The predicted molar refractivity (Wildman–Crippen MR) is 74.5 cm³/mol. The van der Waals surface area contributed by atoms with E-state index < -0.39 is 0 Å². The molecule has 1 aliphatic rings. The van der Waals surface area contributed by atoms with Crippen LogP contribution in [-0.2, 0) is 11.2 Å². The number of hydrogen-bond acceptors (Lipinski definition) is 2. The van der Waals surface area contributed by atoms with Crippen LogP contribution >= 0.6 is 0 Å². The minimum atomic E-state index is 0.0808. The van der Waals surface area contributed by atoms with E-state index in [0.29, 0.717) is 6.42 Å². The van der Waals surface area contributed by atoms with Crippen LogP contribution in [-0.4, -0.2) is 23.4 Å². The number of carbonyl (C=O) groups is 1. The Kier molecular flexibility index (Phi) is 4.57. The molecule has 0 spiro atoms. The normalized spacial score (nSPS) is 15.2. The van der Waals surface area contributed by atoms with Crippen LogP contribution in [0.3, 0.4) is 0 Å². The average Bonchev–Trinajstić information content (AvgIpc) is 2.92. The van der Waals surface area contributed by atoms with Crippen LogP contribution in [0.15, 0.2) is 24.3 Å². The standard InChI is InChI=1S/C16H20N2O/c1-13-6-8-14(9-7-13)12-16(19)18(11-10-17)15-4-2-3-5-15/h6-9,15H,2-5,11-12H2,1H3. The Balaban J connectivity index is 2.02. The quantitative estimate of drug-likeness (QED) is 0.777. The highest BCUT2D eigenvalue weighted by Gasteiger charge is 2.26. The summed E-state index contributed by atoms with van der Waals surface area (Å²) in [4.78, 5) is 14.1. The van der Waals surface area contributed by atoms with Crippen molar-refractivity contribution in [3.63, 3.8) is 0 Å². The van der Waals surface area contributed by atoms with Crippen molar-refractivity contribution in [2.75, 3.05) is 6.54 Å². The van der Waals surface area contributed by atoms with E-state index in [2.05, 4.69) is 6.07 Å². The van der Waals surface area contributed by atoms with Crippen LogP contribution in [0.25, 0.3) is 0 Å². The lowest BCUT2D eigenvalue weighted by Crippen LogP contribution is -2.40. The third kappa shape index (κ3) is 3.57. The SMILES string of the molecule is Cc1ccc(CC(=O)N(CC#N)C2CCCC2)cc1. The Labute approximate surface area is 114 Å². The molecule has 19 heavy (non-hydrogen) atoms. The molecule has 1 aromatic carbocycles. The molecule has 1 saturated carbocycles. The highest BCUT2D eigenvalue weighted by molar-refractivity contribution is 5.79. The number of hydrogen-bond donors (Lipinski definition) is 0. The summed E-state index contributed by atoms with van der Waals surface area (Å²) in [5.41, 5.74) is 2.22. The third-order valence-corrected chi connectivity index (χ3v) is 3.80. The van der Waals surface area contributed by atoms with Gasteiger partial charge in [0.25, 0.3) is 0 Å². The summed E-state index contributed by atoms with van der Waals surface area (Å²) < 4.78 is 0. The van der Waals surface area contributed by atoms with E-state index in [9.17, 15) is 4.79 Å². The topological polar surface area (TPSA) is 44.1 Å². The van der Waals surface area contributed by atoms with Crippen LogP contribution in [0.4, 0.5) is 0 Å². The van der Waals surface area contributed by atoms with Gasteiger partial charge in [-0.15, -0.1) is 0 Å². The van der Waals surface area contributed by atoms with Gasteiger partial charge in [-0.25, -0.2) is 0 Å². The highest BCUT2D eigenvalue weighted by atomic mass is 16.2. The van der Waals surface area contributed by atoms with Gasteiger partial charge in [-0.3, -0.25) is 4.79 Å². The van der Waals surface area contributed by atoms with E-state index in [1.807, 2.05) is 31.2 Å². The van der Waals surface area contributed by atoms with Crippen molar-refractivity contribution >= 4 is 5.91 Å². The second-order valence-electron chi connectivity index (χ2n) is 5.28. The molecular weight excluding hydrogens is 236 g/mol. The zero-order valence-corrected chi connectivity index (χ0v) is 11.4. The minimum absolute atomic E-state index is 0.0808. The lowest BCUT2D eigenvalue weighted by molar-refractivity contribution is -0.132. The van der Waals surface area contributed by atoms with Crippen molar-refractivity contribution in [1.82, 2.24) is 4.90 Å². The van der Waals surface area contributed by atoms with E-state index in [1.165, 1.54) is 18.4 Å². The molecule has 0 aliphatic heterocycles.